The zero-order valence-electron chi connectivity index (χ0n) is 10.0. The van der Waals surface area contributed by atoms with E-state index in [-0.39, 0.29) is 11.9 Å². The van der Waals surface area contributed by atoms with Crippen molar-refractivity contribution in [1.82, 2.24) is 5.32 Å². The van der Waals surface area contributed by atoms with Crippen molar-refractivity contribution in [1.29, 1.82) is 0 Å². The maximum absolute atomic E-state index is 13.0. The highest BCUT2D eigenvalue weighted by molar-refractivity contribution is 5.90. The van der Waals surface area contributed by atoms with E-state index in [0.29, 0.717) is 6.54 Å². The first kappa shape index (κ1) is 12.0. The van der Waals surface area contributed by atoms with E-state index < -0.39 is 5.92 Å². The van der Waals surface area contributed by atoms with Crippen molar-refractivity contribution in [2.24, 2.45) is 4.99 Å². The topological polar surface area (TPSA) is 24.4 Å². The van der Waals surface area contributed by atoms with Crippen molar-refractivity contribution in [2.45, 2.75) is 32.2 Å². The molecule has 1 aromatic carbocycles. The van der Waals surface area contributed by atoms with Gasteiger partial charge in [-0.1, -0.05) is 31.2 Å². The van der Waals surface area contributed by atoms with Gasteiger partial charge in [0.1, 0.15) is 0 Å². The van der Waals surface area contributed by atoms with Crippen LogP contribution >= 0.6 is 0 Å². The SMILES string of the molecule is CCc1ccc(C2CN=C(C(C)(F)F)N2)cc1. The molecule has 0 aliphatic carbocycles. The number of nitrogens with zero attached hydrogens (tertiary/aromatic N) is 1. The van der Waals surface area contributed by atoms with Crippen molar-refractivity contribution in [2.75, 3.05) is 6.54 Å². The number of amidine groups is 1. The second-order valence-corrected chi connectivity index (χ2v) is 4.37. The summed E-state index contributed by atoms with van der Waals surface area (Å²) in [7, 11) is 0. The zero-order chi connectivity index (χ0) is 12.5. The average Bonchev–Trinajstić information content (AvgIpc) is 2.78. The Morgan fingerprint density at radius 2 is 2.00 bits per heavy atom. The van der Waals surface area contributed by atoms with Crippen LogP contribution in [0.1, 0.15) is 31.0 Å². The Morgan fingerprint density at radius 1 is 1.35 bits per heavy atom. The molecule has 2 nitrogen and oxygen atoms in total. The van der Waals surface area contributed by atoms with Crippen LogP contribution in [0.25, 0.3) is 0 Å². The number of benzene rings is 1. The first-order valence-electron chi connectivity index (χ1n) is 5.79. The molecule has 1 heterocycles. The summed E-state index contributed by atoms with van der Waals surface area (Å²) in [5.74, 6) is -3.08. The van der Waals surface area contributed by atoms with Gasteiger partial charge in [0, 0.05) is 6.92 Å². The minimum Gasteiger partial charge on any atom is -0.360 e. The Balaban J connectivity index is 2.07. The molecule has 0 aromatic heterocycles. The maximum Gasteiger partial charge on any atom is 0.301 e. The van der Waals surface area contributed by atoms with Crippen LogP contribution in [0.5, 0.6) is 0 Å². The lowest BCUT2D eigenvalue weighted by Crippen LogP contribution is -2.36. The average molecular weight is 238 g/mol. The van der Waals surface area contributed by atoms with Gasteiger partial charge in [-0.15, -0.1) is 0 Å². The van der Waals surface area contributed by atoms with Gasteiger partial charge in [-0.05, 0) is 17.5 Å². The Hall–Kier alpha value is -1.45. The quantitative estimate of drug-likeness (QED) is 0.860. The van der Waals surface area contributed by atoms with Gasteiger partial charge in [-0.2, -0.15) is 8.78 Å². The molecule has 1 N–H and O–H groups in total. The van der Waals surface area contributed by atoms with Gasteiger partial charge >= 0.3 is 5.92 Å². The first-order chi connectivity index (χ1) is 8.00. The van der Waals surface area contributed by atoms with Gasteiger partial charge in [0.25, 0.3) is 0 Å². The molecule has 0 bridgehead atoms. The molecule has 0 spiro atoms. The minimum absolute atomic E-state index is 0.123. The molecule has 4 heteroatoms. The number of hydrogen-bond acceptors (Lipinski definition) is 2. The predicted molar refractivity (Wildman–Crippen MR) is 64.6 cm³/mol. The summed E-state index contributed by atoms with van der Waals surface area (Å²) in [6.45, 7) is 3.33. The fraction of sp³-hybridized carbons (Fsp3) is 0.462. The molecule has 0 fully saturated rings. The Morgan fingerprint density at radius 3 is 2.47 bits per heavy atom. The summed E-state index contributed by atoms with van der Waals surface area (Å²) in [6.07, 6.45) is 0.979. The summed E-state index contributed by atoms with van der Waals surface area (Å²) in [6, 6.07) is 7.88. The van der Waals surface area contributed by atoms with E-state index in [4.69, 9.17) is 0 Å². The van der Waals surface area contributed by atoms with Crippen LogP contribution in [0.15, 0.2) is 29.3 Å². The normalized spacial score (nSPS) is 20.0. The summed E-state index contributed by atoms with van der Waals surface area (Å²) < 4.78 is 26.1. The van der Waals surface area contributed by atoms with Gasteiger partial charge in [-0.3, -0.25) is 4.99 Å². The summed E-state index contributed by atoms with van der Waals surface area (Å²) in [5, 5.41) is 2.78. The van der Waals surface area contributed by atoms with E-state index in [9.17, 15) is 8.78 Å². The molecule has 0 amide bonds. The monoisotopic (exact) mass is 238 g/mol. The molecule has 0 radical (unpaired) electrons. The minimum atomic E-state index is -2.88. The predicted octanol–water partition coefficient (Wildman–Crippen LogP) is 2.95. The third kappa shape index (κ3) is 2.62. The highest BCUT2D eigenvalue weighted by Crippen LogP contribution is 2.23. The van der Waals surface area contributed by atoms with Crippen LogP contribution in [-0.4, -0.2) is 18.3 Å². The second kappa shape index (κ2) is 4.43. The first-order valence-corrected chi connectivity index (χ1v) is 5.79. The van der Waals surface area contributed by atoms with Crippen molar-refractivity contribution in [3.05, 3.63) is 35.4 Å². The van der Waals surface area contributed by atoms with Crippen molar-refractivity contribution in [3.63, 3.8) is 0 Å². The fourth-order valence-corrected chi connectivity index (χ4v) is 1.88. The van der Waals surface area contributed by atoms with Gasteiger partial charge in [0.15, 0.2) is 5.84 Å². The van der Waals surface area contributed by atoms with Crippen LogP contribution in [-0.2, 0) is 6.42 Å². The number of rotatable bonds is 3. The Kier molecular flexibility index (Phi) is 3.13. The molecule has 0 saturated carbocycles. The fourth-order valence-electron chi connectivity index (χ4n) is 1.88. The summed E-state index contributed by atoms with van der Waals surface area (Å²) in [4.78, 5) is 3.86. The molecule has 17 heavy (non-hydrogen) atoms. The number of halogens is 2. The summed E-state index contributed by atoms with van der Waals surface area (Å²) >= 11 is 0. The van der Waals surface area contributed by atoms with Crippen molar-refractivity contribution < 1.29 is 8.78 Å². The van der Waals surface area contributed by atoms with E-state index in [1.165, 1.54) is 5.56 Å². The highest BCUT2D eigenvalue weighted by atomic mass is 19.3. The number of aryl methyl sites for hydroxylation is 1. The van der Waals surface area contributed by atoms with Crippen LogP contribution in [0.3, 0.4) is 0 Å². The van der Waals surface area contributed by atoms with Crippen molar-refractivity contribution in [3.8, 4) is 0 Å². The van der Waals surface area contributed by atoms with Crippen molar-refractivity contribution >= 4 is 5.84 Å². The van der Waals surface area contributed by atoms with Crippen LogP contribution < -0.4 is 5.32 Å². The molecular formula is C13H16F2N2. The van der Waals surface area contributed by atoms with Gasteiger partial charge in [0.2, 0.25) is 0 Å². The second-order valence-electron chi connectivity index (χ2n) is 4.37. The largest absolute Gasteiger partial charge is 0.360 e. The third-order valence-corrected chi connectivity index (χ3v) is 2.95. The summed E-state index contributed by atoms with van der Waals surface area (Å²) in [5.41, 5.74) is 2.25. The lowest BCUT2D eigenvalue weighted by Gasteiger charge is -2.15. The molecule has 1 unspecified atom stereocenters. The molecule has 1 aliphatic heterocycles. The molecule has 92 valence electrons. The molecule has 0 saturated heterocycles. The van der Waals surface area contributed by atoms with E-state index in [2.05, 4.69) is 17.2 Å². The van der Waals surface area contributed by atoms with Crippen LogP contribution in [0.4, 0.5) is 8.78 Å². The third-order valence-electron chi connectivity index (χ3n) is 2.95. The van der Waals surface area contributed by atoms with Gasteiger partial charge in [-0.25, -0.2) is 0 Å². The molecular weight excluding hydrogens is 222 g/mol. The van der Waals surface area contributed by atoms with Gasteiger partial charge < -0.3 is 5.32 Å². The number of hydrogen-bond donors (Lipinski definition) is 1. The van der Waals surface area contributed by atoms with E-state index in [0.717, 1.165) is 18.9 Å². The maximum atomic E-state index is 13.0. The van der Waals surface area contributed by atoms with E-state index in [1.54, 1.807) is 0 Å². The number of aliphatic imine (C=N–C) groups is 1. The van der Waals surface area contributed by atoms with E-state index in [1.807, 2.05) is 24.3 Å². The molecule has 1 atom stereocenters. The zero-order valence-corrected chi connectivity index (χ0v) is 10.0. The lowest BCUT2D eigenvalue weighted by atomic mass is 10.0. The standard InChI is InChI=1S/C13H16F2N2/c1-3-9-4-6-10(7-5-9)11-8-16-12(17-11)13(2,14)15/h4-7,11H,3,8H2,1-2H3,(H,16,17). The Labute approximate surface area is 99.8 Å². The van der Waals surface area contributed by atoms with Crippen LogP contribution in [0.2, 0.25) is 0 Å². The van der Waals surface area contributed by atoms with Crippen LogP contribution in [0, 0.1) is 0 Å². The highest BCUT2D eigenvalue weighted by Gasteiger charge is 2.34. The molecule has 1 aliphatic rings. The van der Waals surface area contributed by atoms with E-state index >= 15 is 0 Å². The number of alkyl halides is 2. The lowest BCUT2D eigenvalue weighted by molar-refractivity contribution is 0.0967. The molecule has 2 rings (SSSR count). The number of nitrogens with one attached hydrogen (secondary N) is 1. The molecule has 1 aromatic rings. The Bertz CT molecular complexity index is 418. The smallest absolute Gasteiger partial charge is 0.301 e. The van der Waals surface area contributed by atoms with Gasteiger partial charge in [0.05, 0.1) is 12.6 Å².